The molecule has 3 aromatic rings. The summed E-state index contributed by atoms with van der Waals surface area (Å²) in [6.07, 6.45) is 1.51. The first kappa shape index (κ1) is 21.5. The van der Waals surface area contributed by atoms with Gasteiger partial charge in [0.1, 0.15) is 5.75 Å². The summed E-state index contributed by atoms with van der Waals surface area (Å²) in [7, 11) is 0. The maximum Gasteiger partial charge on any atom is 0.271 e. The summed E-state index contributed by atoms with van der Waals surface area (Å²) in [5, 5.41) is 7.10. The van der Waals surface area contributed by atoms with Gasteiger partial charge < -0.3 is 10.1 Å². The van der Waals surface area contributed by atoms with E-state index in [1.807, 2.05) is 6.07 Å². The first-order valence-corrected chi connectivity index (χ1v) is 10.1. The molecule has 0 radical (unpaired) electrons. The van der Waals surface area contributed by atoms with Crippen LogP contribution in [0.4, 0.5) is 5.69 Å². The summed E-state index contributed by atoms with van der Waals surface area (Å²) in [6, 6.07) is 21.0. The lowest BCUT2D eigenvalue weighted by Gasteiger charge is -2.10. The van der Waals surface area contributed by atoms with Crippen molar-refractivity contribution in [1.29, 1.82) is 0 Å². The van der Waals surface area contributed by atoms with Gasteiger partial charge in [-0.3, -0.25) is 9.59 Å². The molecule has 30 heavy (non-hydrogen) atoms. The van der Waals surface area contributed by atoms with E-state index in [9.17, 15) is 9.59 Å². The fourth-order valence-electron chi connectivity index (χ4n) is 2.43. The zero-order valence-electron chi connectivity index (χ0n) is 15.6. The van der Waals surface area contributed by atoms with Crippen LogP contribution in [-0.4, -0.2) is 24.6 Å². The lowest BCUT2D eigenvalue weighted by atomic mass is 10.2. The Balaban J connectivity index is 1.53. The summed E-state index contributed by atoms with van der Waals surface area (Å²) >= 11 is 9.43. The average molecular weight is 487 g/mol. The molecule has 0 saturated carbocycles. The van der Waals surface area contributed by atoms with E-state index in [0.29, 0.717) is 26.5 Å². The number of carbonyl (C=O) groups is 2. The van der Waals surface area contributed by atoms with Crippen LogP contribution < -0.4 is 15.5 Å². The highest BCUT2D eigenvalue weighted by molar-refractivity contribution is 9.10. The molecule has 0 aliphatic heterocycles. The number of carbonyl (C=O) groups excluding carboxylic acids is 2. The lowest BCUT2D eigenvalue weighted by Crippen LogP contribution is -2.20. The van der Waals surface area contributed by atoms with Crippen molar-refractivity contribution in [2.24, 2.45) is 5.10 Å². The van der Waals surface area contributed by atoms with E-state index in [1.54, 1.807) is 66.7 Å². The number of hydrogen-bond acceptors (Lipinski definition) is 4. The third kappa shape index (κ3) is 6.17. The number of nitrogens with one attached hydrogen (secondary N) is 2. The van der Waals surface area contributed by atoms with E-state index in [2.05, 4.69) is 31.8 Å². The second-order valence-corrected chi connectivity index (χ2v) is 7.33. The molecule has 3 aromatic carbocycles. The van der Waals surface area contributed by atoms with Gasteiger partial charge in [0.05, 0.1) is 21.4 Å². The Bertz CT molecular complexity index is 1070. The molecule has 0 saturated heterocycles. The number of benzene rings is 3. The first-order chi connectivity index (χ1) is 14.5. The summed E-state index contributed by atoms with van der Waals surface area (Å²) in [5.74, 6) is -0.130. The predicted octanol–water partition coefficient (Wildman–Crippen LogP) is 4.88. The highest BCUT2D eigenvalue weighted by Crippen LogP contribution is 2.26. The fourth-order valence-corrected chi connectivity index (χ4v) is 3.12. The van der Waals surface area contributed by atoms with Gasteiger partial charge in [-0.15, -0.1) is 0 Å². The van der Waals surface area contributed by atoms with E-state index in [-0.39, 0.29) is 18.4 Å². The molecule has 152 valence electrons. The van der Waals surface area contributed by atoms with Crippen molar-refractivity contribution >= 4 is 51.2 Å². The number of ether oxygens (including phenoxy) is 1. The molecule has 6 nitrogen and oxygen atoms in total. The molecular weight excluding hydrogens is 470 g/mol. The monoisotopic (exact) mass is 485 g/mol. The third-order valence-corrected chi connectivity index (χ3v) is 4.83. The van der Waals surface area contributed by atoms with Crippen molar-refractivity contribution in [2.75, 3.05) is 11.9 Å². The highest BCUT2D eigenvalue weighted by Gasteiger charge is 2.08. The number of halogens is 2. The molecule has 0 atom stereocenters. The molecule has 2 N–H and O–H groups in total. The summed E-state index contributed by atoms with van der Waals surface area (Å²) in [4.78, 5) is 24.0. The van der Waals surface area contributed by atoms with Crippen LogP contribution in [0.25, 0.3) is 0 Å². The Kier molecular flexibility index (Phi) is 7.59. The molecule has 0 aliphatic carbocycles. The molecule has 0 heterocycles. The largest absolute Gasteiger partial charge is 0.483 e. The van der Waals surface area contributed by atoms with Crippen LogP contribution in [0.1, 0.15) is 15.9 Å². The number of anilines is 1. The fraction of sp³-hybridized carbons (Fsp3) is 0.0455. The van der Waals surface area contributed by atoms with Gasteiger partial charge in [0.2, 0.25) is 0 Å². The molecule has 8 heteroatoms. The topological polar surface area (TPSA) is 79.8 Å². The smallest absolute Gasteiger partial charge is 0.271 e. The van der Waals surface area contributed by atoms with Crippen LogP contribution >= 0.6 is 27.5 Å². The van der Waals surface area contributed by atoms with Gasteiger partial charge in [-0.05, 0) is 64.0 Å². The number of hydrazone groups is 1. The van der Waals surface area contributed by atoms with Crippen molar-refractivity contribution in [3.05, 3.63) is 93.4 Å². The van der Waals surface area contributed by atoms with Gasteiger partial charge in [-0.2, -0.15) is 5.10 Å². The maximum absolute atomic E-state index is 12.1. The maximum atomic E-state index is 12.1. The molecule has 3 rings (SSSR count). The summed E-state index contributed by atoms with van der Waals surface area (Å²) < 4.78 is 6.19. The van der Waals surface area contributed by atoms with Gasteiger partial charge in [0.25, 0.3) is 11.8 Å². The Morgan fingerprint density at radius 3 is 2.50 bits per heavy atom. The number of nitrogens with zero attached hydrogens (tertiary/aromatic N) is 1. The van der Waals surface area contributed by atoms with Crippen LogP contribution in [0.5, 0.6) is 5.75 Å². The molecule has 0 bridgehead atoms. The van der Waals surface area contributed by atoms with E-state index in [0.717, 1.165) is 5.56 Å². The minimum Gasteiger partial charge on any atom is -0.483 e. The SMILES string of the molecule is O=C(COc1ccc(/C=N/NC(=O)c2ccccc2)cc1Br)Nc1ccccc1Cl. The Morgan fingerprint density at radius 1 is 1.03 bits per heavy atom. The highest BCUT2D eigenvalue weighted by atomic mass is 79.9. The van der Waals surface area contributed by atoms with E-state index >= 15 is 0 Å². The van der Waals surface area contributed by atoms with Gasteiger partial charge in [-0.1, -0.05) is 41.9 Å². The zero-order chi connectivity index (χ0) is 21.3. The van der Waals surface area contributed by atoms with Gasteiger partial charge in [0, 0.05) is 5.56 Å². The number of para-hydroxylation sites is 1. The molecule has 0 unspecified atom stereocenters. The Hall–Kier alpha value is -3.16. The molecular formula is C22H17BrClN3O3. The Morgan fingerprint density at radius 2 is 1.77 bits per heavy atom. The van der Waals surface area contributed by atoms with Crippen molar-refractivity contribution < 1.29 is 14.3 Å². The summed E-state index contributed by atoms with van der Waals surface area (Å²) in [5.41, 5.74) is 4.26. The van der Waals surface area contributed by atoms with Gasteiger partial charge in [-0.25, -0.2) is 5.43 Å². The van der Waals surface area contributed by atoms with Crippen LogP contribution in [0.15, 0.2) is 82.4 Å². The van der Waals surface area contributed by atoms with Crippen LogP contribution in [0.2, 0.25) is 5.02 Å². The average Bonchev–Trinajstić information content (AvgIpc) is 2.75. The first-order valence-electron chi connectivity index (χ1n) is 8.88. The minimum absolute atomic E-state index is 0.176. The van der Waals surface area contributed by atoms with Crippen LogP contribution in [0.3, 0.4) is 0 Å². The standard InChI is InChI=1S/C22H17BrClN3O3/c23-17-12-15(13-25-27-22(29)16-6-2-1-3-7-16)10-11-20(17)30-14-21(28)26-19-9-5-4-8-18(19)24/h1-13H,14H2,(H,26,28)(H,27,29)/b25-13+. The predicted molar refractivity (Wildman–Crippen MR) is 121 cm³/mol. The van der Waals surface area contributed by atoms with E-state index in [4.69, 9.17) is 16.3 Å². The van der Waals surface area contributed by atoms with E-state index < -0.39 is 0 Å². The molecule has 0 spiro atoms. The van der Waals surface area contributed by atoms with E-state index in [1.165, 1.54) is 6.21 Å². The zero-order valence-corrected chi connectivity index (χ0v) is 18.0. The third-order valence-electron chi connectivity index (χ3n) is 3.88. The van der Waals surface area contributed by atoms with Crippen molar-refractivity contribution in [3.8, 4) is 5.75 Å². The van der Waals surface area contributed by atoms with Gasteiger partial charge >= 0.3 is 0 Å². The lowest BCUT2D eigenvalue weighted by molar-refractivity contribution is -0.118. The summed E-state index contributed by atoms with van der Waals surface area (Å²) in [6.45, 7) is -0.176. The molecule has 0 aliphatic rings. The second kappa shape index (κ2) is 10.6. The minimum atomic E-state index is -0.329. The van der Waals surface area contributed by atoms with Crippen LogP contribution in [-0.2, 0) is 4.79 Å². The van der Waals surface area contributed by atoms with Crippen molar-refractivity contribution in [2.45, 2.75) is 0 Å². The quantitative estimate of drug-likeness (QED) is 0.369. The number of hydrogen-bond donors (Lipinski definition) is 2. The number of rotatable bonds is 7. The van der Waals surface area contributed by atoms with Crippen molar-refractivity contribution in [1.82, 2.24) is 5.43 Å². The molecule has 0 aromatic heterocycles. The Labute approximate surface area is 187 Å². The number of amides is 2. The normalized spacial score (nSPS) is 10.6. The second-order valence-electron chi connectivity index (χ2n) is 6.07. The van der Waals surface area contributed by atoms with Gasteiger partial charge in [0.15, 0.2) is 6.61 Å². The molecule has 0 fully saturated rings. The molecule has 2 amide bonds. The van der Waals surface area contributed by atoms with Crippen molar-refractivity contribution in [3.63, 3.8) is 0 Å². The van der Waals surface area contributed by atoms with Crippen LogP contribution in [0, 0.1) is 0 Å².